The van der Waals surface area contributed by atoms with Gasteiger partial charge in [-0.1, -0.05) is 0 Å². The van der Waals surface area contributed by atoms with E-state index in [0.29, 0.717) is 6.04 Å². The summed E-state index contributed by atoms with van der Waals surface area (Å²) in [5, 5.41) is 11.4. The van der Waals surface area contributed by atoms with Gasteiger partial charge in [-0.25, -0.2) is 0 Å². The van der Waals surface area contributed by atoms with Crippen LogP contribution in [0.2, 0.25) is 0 Å². The molecular weight excluding hydrogens is 202 g/mol. The second kappa shape index (κ2) is 4.99. The topological polar surface area (TPSA) is 49.9 Å². The number of nitrogens with one attached hydrogen (secondary N) is 2. The van der Waals surface area contributed by atoms with Crippen molar-refractivity contribution in [3.63, 3.8) is 0 Å². The molecule has 1 aromatic heterocycles. The molecule has 86 valence electrons. The number of nitrogens with zero attached hydrogens (tertiary/aromatic N) is 1. The van der Waals surface area contributed by atoms with E-state index < -0.39 is 0 Å². The molecule has 2 rings (SSSR count). The molecule has 0 spiro atoms. The Morgan fingerprint density at radius 1 is 1.50 bits per heavy atom. The Labute approximate surface area is 95.0 Å². The van der Waals surface area contributed by atoms with Crippen LogP contribution in [0.5, 0.6) is 0 Å². The first-order valence-electron chi connectivity index (χ1n) is 5.57. The Bertz CT molecular complexity index is 452. The molecule has 2 N–H and O–H groups in total. The molecule has 0 aliphatic carbocycles. The summed E-state index contributed by atoms with van der Waals surface area (Å²) in [6.07, 6.45) is 1.83. The Hall–Kier alpha value is -1.55. The standard InChI is InChI=1S/C12H17N3O/c1-3-16-8-9(2)14-11-4-5-12-10(6-11)7-13-15-12/h4-7,9,14H,3,8H2,1-2H3,(H,13,15). The van der Waals surface area contributed by atoms with Gasteiger partial charge in [0.25, 0.3) is 0 Å². The number of benzene rings is 1. The van der Waals surface area contributed by atoms with Crippen molar-refractivity contribution in [1.82, 2.24) is 10.2 Å². The summed E-state index contributed by atoms with van der Waals surface area (Å²) in [6, 6.07) is 6.46. The van der Waals surface area contributed by atoms with Gasteiger partial charge in [-0.15, -0.1) is 0 Å². The van der Waals surface area contributed by atoms with Crippen LogP contribution in [0, 0.1) is 0 Å². The van der Waals surface area contributed by atoms with Gasteiger partial charge in [0.1, 0.15) is 0 Å². The molecule has 2 aromatic rings. The van der Waals surface area contributed by atoms with Crippen molar-refractivity contribution >= 4 is 16.6 Å². The zero-order chi connectivity index (χ0) is 11.4. The smallest absolute Gasteiger partial charge is 0.0664 e. The van der Waals surface area contributed by atoms with Gasteiger partial charge in [-0.05, 0) is 32.0 Å². The molecule has 0 radical (unpaired) electrons. The molecule has 1 atom stereocenters. The van der Waals surface area contributed by atoms with Gasteiger partial charge >= 0.3 is 0 Å². The molecule has 0 aliphatic rings. The van der Waals surface area contributed by atoms with Crippen LogP contribution < -0.4 is 5.32 Å². The van der Waals surface area contributed by atoms with E-state index in [1.165, 1.54) is 0 Å². The van der Waals surface area contributed by atoms with Crippen molar-refractivity contribution in [2.75, 3.05) is 18.5 Å². The number of fused-ring (bicyclic) bond motifs is 1. The Kier molecular flexibility index (Phi) is 3.41. The predicted molar refractivity (Wildman–Crippen MR) is 65.7 cm³/mol. The Balaban J connectivity index is 2.03. The van der Waals surface area contributed by atoms with E-state index in [1.807, 2.05) is 25.3 Å². The lowest BCUT2D eigenvalue weighted by Crippen LogP contribution is -2.21. The molecular formula is C12H17N3O. The SMILES string of the molecule is CCOCC(C)Nc1ccc2[nH]ncc2c1. The number of hydrogen-bond acceptors (Lipinski definition) is 3. The number of aromatic nitrogens is 2. The number of hydrogen-bond donors (Lipinski definition) is 2. The Morgan fingerprint density at radius 3 is 3.19 bits per heavy atom. The van der Waals surface area contributed by atoms with Crippen LogP contribution in [0.15, 0.2) is 24.4 Å². The predicted octanol–water partition coefficient (Wildman–Crippen LogP) is 2.40. The molecule has 0 aliphatic heterocycles. The Morgan fingerprint density at radius 2 is 2.38 bits per heavy atom. The minimum Gasteiger partial charge on any atom is -0.380 e. The fourth-order valence-electron chi connectivity index (χ4n) is 1.65. The molecule has 0 bridgehead atoms. The molecule has 16 heavy (non-hydrogen) atoms. The van der Waals surface area contributed by atoms with Crippen LogP contribution in [-0.4, -0.2) is 29.5 Å². The molecule has 4 nitrogen and oxygen atoms in total. The highest BCUT2D eigenvalue weighted by Crippen LogP contribution is 2.17. The lowest BCUT2D eigenvalue weighted by Gasteiger charge is -2.14. The third-order valence-electron chi connectivity index (χ3n) is 2.43. The first-order valence-corrected chi connectivity index (χ1v) is 5.57. The van der Waals surface area contributed by atoms with E-state index in [4.69, 9.17) is 4.74 Å². The molecule has 0 amide bonds. The van der Waals surface area contributed by atoms with E-state index in [9.17, 15) is 0 Å². The maximum atomic E-state index is 5.36. The molecule has 0 saturated carbocycles. The van der Waals surface area contributed by atoms with E-state index >= 15 is 0 Å². The molecule has 4 heteroatoms. The highest BCUT2D eigenvalue weighted by atomic mass is 16.5. The number of anilines is 1. The first-order chi connectivity index (χ1) is 7.79. The summed E-state index contributed by atoms with van der Waals surface area (Å²) in [4.78, 5) is 0. The van der Waals surface area contributed by atoms with Gasteiger partial charge in [0, 0.05) is 23.7 Å². The summed E-state index contributed by atoms with van der Waals surface area (Å²) in [7, 11) is 0. The quantitative estimate of drug-likeness (QED) is 0.811. The summed E-state index contributed by atoms with van der Waals surface area (Å²) >= 11 is 0. The van der Waals surface area contributed by atoms with Crippen molar-refractivity contribution in [3.05, 3.63) is 24.4 Å². The largest absolute Gasteiger partial charge is 0.380 e. The van der Waals surface area contributed by atoms with Crippen molar-refractivity contribution < 1.29 is 4.74 Å². The van der Waals surface area contributed by atoms with E-state index in [-0.39, 0.29) is 0 Å². The van der Waals surface area contributed by atoms with Crippen LogP contribution in [0.25, 0.3) is 10.9 Å². The number of H-pyrrole nitrogens is 1. The van der Waals surface area contributed by atoms with Crippen molar-refractivity contribution in [3.8, 4) is 0 Å². The van der Waals surface area contributed by atoms with Crippen LogP contribution >= 0.6 is 0 Å². The van der Waals surface area contributed by atoms with Gasteiger partial charge in [-0.2, -0.15) is 5.10 Å². The second-order valence-corrected chi connectivity index (χ2v) is 3.88. The molecule has 0 saturated heterocycles. The first kappa shape index (κ1) is 11.0. The van der Waals surface area contributed by atoms with E-state index in [0.717, 1.165) is 29.8 Å². The van der Waals surface area contributed by atoms with Gasteiger partial charge in [0.15, 0.2) is 0 Å². The summed E-state index contributed by atoms with van der Waals surface area (Å²) in [5.74, 6) is 0. The maximum absolute atomic E-state index is 5.36. The third-order valence-corrected chi connectivity index (χ3v) is 2.43. The van der Waals surface area contributed by atoms with Gasteiger partial charge in [-0.3, -0.25) is 5.10 Å². The fraction of sp³-hybridized carbons (Fsp3) is 0.417. The minimum absolute atomic E-state index is 0.310. The molecule has 1 unspecified atom stereocenters. The van der Waals surface area contributed by atoms with Gasteiger partial charge in [0.2, 0.25) is 0 Å². The normalized spacial score (nSPS) is 12.9. The average Bonchev–Trinajstić information content (AvgIpc) is 2.73. The number of ether oxygens (including phenoxy) is 1. The number of rotatable bonds is 5. The van der Waals surface area contributed by atoms with E-state index in [2.05, 4.69) is 28.5 Å². The van der Waals surface area contributed by atoms with Crippen LogP contribution in [0.3, 0.4) is 0 Å². The summed E-state index contributed by atoms with van der Waals surface area (Å²) in [5.41, 5.74) is 2.16. The van der Waals surface area contributed by atoms with Crippen LogP contribution in [0.1, 0.15) is 13.8 Å². The number of aromatic amines is 1. The minimum atomic E-state index is 0.310. The monoisotopic (exact) mass is 219 g/mol. The zero-order valence-electron chi connectivity index (χ0n) is 9.66. The molecule has 1 heterocycles. The van der Waals surface area contributed by atoms with Crippen molar-refractivity contribution in [1.29, 1.82) is 0 Å². The molecule has 0 fully saturated rings. The van der Waals surface area contributed by atoms with Gasteiger partial charge < -0.3 is 10.1 Å². The lowest BCUT2D eigenvalue weighted by atomic mass is 10.2. The van der Waals surface area contributed by atoms with Gasteiger partial charge in [0.05, 0.1) is 18.3 Å². The van der Waals surface area contributed by atoms with Crippen molar-refractivity contribution in [2.45, 2.75) is 19.9 Å². The van der Waals surface area contributed by atoms with Crippen LogP contribution in [0.4, 0.5) is 5.69 Å². The average molecular weight is 219 g/mol. The van der Waals surface area contributed by atoms with Crippen molar-refractivity contribution in [2.24, 2.45) is 0 Å². The fourth-order valence-corrected chi connectivity index (χ4v) is 1.65. The summed E-state index contributed by atoms with van der Waals surface area (Å²) < 4.78 is 5.36. The van der Waals surface area contributed by atoms with E-state index in [1.54, 1.807) is 0 Å². The summed E-state index contributed by atoms with van der Waals surface area (Å²) in [6.45, 7) is 5.59. The lowest BCUT2D eigenvalue weighted by molar-refractivity contribution is 0.141. The maximum Gasteiger partial charge on any atom is 0.0664 e. The highest BCUT2D eigenvalue weighted by Gasteiger charge is 2.03. The molecule has 1 aromatic carbocycles. The third kappa shape index (κ3) is 2.52. The van der Waals surface area contributed by atoms with Crippen LogP contribution in [-0.2, 0) is 4.74 Å². The second-order valence-electron chi connectivity index (χ2n) is 3.88. The highest BCUT2D eigenvalue weighted by molar-refractivity contribution is 5.81. The zero-order valence-corrected chi connectivity index (χ0v) is 9.66.